The van der Waals surface area contributed by atoms with Gasteiger partial charge in [-0.3, -0.25) is 0 Å². The van der Waals surface area contributed by atoms with Crippen LogP contribution in [0.4, 0.5) is 4.39 Å². The Morgan fingerprint density at radius 3 is 2.50 bits per heavy atom. The van der Waals surface area contributed by atoms with E-state index in [1.807, 2.05) is 24.3 Å². The average molecular weight is 375 g/mol. The van der Waals surface area contributed by atoms with E-state index in [9.17, 15) is 9.50 Å². The Balaban J connectivity index is 0.00000243. The molecule has 0 spiro atoms. The first-order chi connectivity index (χ1) is 12.1. The fourth-order valence-corrected chi connectivity index (χ4v) is 2.78. The van der Waals surface area contributed by atoms with Crippen molar-refractivity contribution in [2.75, 3.05) is 6.54 Å². The summed E-state index contributed by atoms with van der Waals surface area (Å²) < 4.78 is 19.0. The average Bonchev–Trinajstić information content (AvgIpc) is 2.62. The molecule has 2 N–H and O–H groups in total. The fourth-order valence-electron chi connectivity index (χ4n) is 2.78. The molecule has 0 fully saturated rings. The SMILES string of the molecule is CC(O)CNCc1c(OCc2ccc(F)cc2)ccc2ccccc12.[Cl-]. The molecular formula is C21H22ClFNO2-. The van der Waals surface area contributed by atoms with Crippen LogP contribution in [-0.4, -0.2) is 17.8 Å². The summed E-state index contributed by atoms with van der Waals surface area (Å²) in [6, 6.07) is 18.5. The summed E-state index contributed by atoms with van der Waals surface area (Å²) in [6.07, 6.45) is -0.404. The maximum Gasteiger partial charge on any atom is 0.124 e. The van der Waals surface area contributed by atoms with Gasteiger partial charge in [0.1, 0.15) is 18.2 Å². The molecule has 3 nitrogen and oxygen atoms in total. The first kappa shape index (κ1) is 20.2. The molecular weight excluding hydrogens is 353 g/mol. The first-order valence-corrected chi connectivity index (χ1v) is 8.40. The molecule has 0 amide bonds. The van der Waals surface area contributed by atoms with E-state index in [4.69, 9.17) is 4.74 Å². The van der Waals surface area contributed by atoms with E-state index in [1.165, 1.54) is 12.1 Å². The summed E-state index contributed by atoms with van der Waals surface area (Å²) in [6.45, 7) is 3.25. The number of benzene rings is 3. The summed E-state index contributed by atoms with van der Waals surface area (Å²) in [5.41, 5.74) is 1.97. The number of hydrogen-bond donors (Lipinski definition) is 2. The van der Waals surface area contributed by atoms with Crippen LogP contribution in [0, 0.1) is 5.82 Å². The quantitative estimate of drug-likeness (QED) is 0.649. The van der Waals surface area contributed by atoms with E-state index in [0.29, 0.717) is 19.7 Å². The number of hydrogen-bond acceptors (Lipinski definition) is 3. The second kappa shape index (κ2) is 9.53. The number of aliphatic hydroxyl groups excluding tert-OH is 1. The predicted molar refractivity (Wildman–Crippen MR) is 98.1 cm³/mol. The van der Waals surface area contributed by atoms with Crippen molar-refractivity contribution in [1.82, 2.24) is 5.32 Å². The van der Waals surface area contributed by atoms with Gasteiger partial charge in [-0.1, -0.05) is 42.5 Å². The molecule has 3 aromatic rings. The van der Waals surface area contributed by atoms with Gasteiger partial charge in [0, 0.05) is 18.7 Å². The molecule has 1 atom stereocenters. The van der Waals surface area contributed by atoms with Crippen LogP contribution < -0.4 is 22.5 Å². The Hall–Kier alpha value is -2.14. The number of rotatable bonds is 7. The van der Waals surface area contributed by atoms with Gasteiger partial charge in [0.05, 0.1) is 6.10 Å². The summed E-state index contributed by atoms with van der Waals surface area (Å²) in [5.74, 6) is 0.540. The van der Waals surface area contributed by atoms with E-state index in [0.717, 1.165) is 27.6 Å². The lowest BCUT2D eigenvalue weighted by Gasteiger charge is -2.16. The van der Waals surface area contributed by atoms with Crippen LogP contribution in [0.3, 0.4) is 0 Å². The van der Waals surface area contributed by atoms with Crippen molar-refractivity contribution in [3.63, 3.8) is 0 Å². The molecule has 0 heterocycles. The lowest BCUT2D eigenvalue weighted by molar-refractivity contribution is -0.00000814. The minimum absolute atomic E-state index is 0. The van der Waals surface area contributed by atoms with Crippen molar-refractivity contribution in [2.45, 2.75) is 26.2 Å². The molecule has 3 aromatic carbocycles. The number of aliphatic hydroxyl groups is 1. The van der Waals surface area contributed by atoms with Crippen LogP contribution in [0.5, 0.6) is 5.75 Å². The Labute approximate surface area is 159 Å². The maximum absolute atomic E-state index is 13.0. The second-order valence-electron chi connectivity index (χ2n) is 6.16. The summed E-state index contributed by atoms with van der Waals surface area (Å²) >= 11 is 0. The van der Waals surface area contributed by atoms with E-state index >= 15 is 0 Å². The van der Waals surface area contributed by atoms with Gasteiger partial charge < -0.3 is 27.6 Å². The van der Waals surface area contributed by atoms with Gasteiger partial charge in [-0.25, -0.2) is 4.39 Å². The number of halogens is 2. The minimum Gasteiger partial charge on any atom is -1.00 e. The molecule has 138 valence electrons. The van der Waals surface area contributed by atoms with E-state index < -0.39 is 6.10 Å². The highest BCUT2D eigenvalue weighted by atomic mass is 35.5. The van der Waals surface area contributed by atoms with Gasteiger partial charge in [-0.05, 0) is 41.5 Å². The van der Waals surface area contributed by atoms with Crippen LogP contribution in [0.25, 0.3) is 10.8 Å². The van der Waals surface area contributed by atoms with Crippen molar-refractivity contribution in [2.24, 2.45) is 0 Å². The molecule has 0 aliphatic carbocycles. The topological polar surface area (TPSA) is 41.5 Å². The third-order valence-electron chi connectivity index (χ3n) is 4.05. The molecule has 0 saturated heterocycles. The van der Waals surface area contributed by atoms with Gasteiger partial charge >= 0.3 is 0 Å². The zero-order valence-corrected chi connectivity index (χ0v) is 15.3. The molecule has 0 aliphatic rings. The number of nitrogens with one attached hydrogen (secondary N) is 1. The first-order valence-electron chi connectivity index (χ1n) is 8.40. The van der Waals surface area contributed by atoms with Crippen LogP contribution in [0.15, 0.2) is 60.7 Å². The Kier molecular flexibility index (Phi) is 7.39. The number of ether oxygens (including phenoxy) is 1. The molecule has 0 bridgehead atoms. The Morgan fingerprint density at radius 2 is 1.77 bits per heavy atom. The summed E-state index contributed by atoms with van der Waals surface area (Å²) in [7, 11) is 0. The number of fused-ring (bicyclic) bond motifs is 1. The van der Waals surface area contributed by atoms with Gasteiger partial charge in [-0.2, -0.15) is 0 Å². The summed E-state index contributed by atoms with van der Waals surface area (Å²) in [5, 5.41) is 15.0. The lowest BCUT2D eigenvalue weighted by Crippen LogP contribution is -3.00. The normalized spacial score (nSPS) is 11.8. The monoisotopic (exact) mass is 374 g/mol. The fraction of sp³-hybridized carbons (Fsp3) is 0.238. The molecule has 0 aromatic heterocycles. The zero-order valence-electron chi connectivity index (χ0n) is 14.6. The second-order valence-corrected chi connectivity index (χ2v) is 6.16. The largest absolute Gasteiger partial charge is 1.00 e. The van der Waals surface area contributed by atoms with Gasteiger partial charge in [-0.15, -0.1) is 0 Å². The molecule has 1 unspecified atom stereocenters. The highest BCUT2D eigenvalue weighted by molar-refractivity contribution is 5.87. The van der Waals surface area contributed by atoms with Crippen molar-refractivity contribution in [3.05, 3.63) is 77.6 Å². The zero-order chi connectivity index (χ0) is 17.6. The smallest absolute Gasteiger partial charge is 0.124 e. The van der Waals surface area contributed by atoms with E-state index in [1.54, 1.807) is 19.1 Å². The van der Waals surface area contributed by atoms with E-state index in [-0.39, 0.29) is 18.2 Å². The predicted octanol–water partition coefficient (Wildman–Crippen LogP) is 1.03. The van der Waals surface area contributed by atoms with Crippen molar-refractivity contribution in [3.8, 4) is 5.75 Å². The molecule has 3 rings (SSSR count). The van der Waals surface area contributed by atoms with Crippen LogP contribution in [0.1, 0.15) is 18.1 Å². The van der Waals surface area contributed by atoms with Crippen LogP contribution >= 0.6 is 0 Å². The van der Waals surface area contributed by atoms with Crippen molar-refractivity contribution < 1.29 is 26.6 Å². The standard InChI is InChI=1S/C21H22FNO2.ClH/c1-15(24)12-23-13-20-19-5-3-2-4-17(19)8-11-21(20)25-14-16-6-9-18(22)10-7-16;/h2-11,15,23-24H,12-14H2,1H3;1H/p-1. The van der Waals surface area contributed by atoms with E-state index in [2.05, 4.69) is 17.4 Å². The Morgan fingerprint density at radius 1 is 1.04 bits per heavy atom. The molecule has 0 radical (unpaired) electrons. The van der Waals surface area contributed by atoms with Gasteiger partial charge in [0.25, 0.3) is 0 Å². The Bertz CT molecular complexity index is 837. The van der Waals surface area contributed by atoms with Crippen LogP contribution in [-0.2, 0) is 13.2 Å². The minimum atomic E-state index is -0.404. The van der Waals surface area contributed by atoms with Gasteiger partial charge in [0.2, 0.25) is 0 Å². The third kappa shape index (κ3) is 5.18. The molecule has 26 heavy (non-hydrogen) atoms. The molecule has 5 heteroatoms. The molecule has 0 aliphatic heterocycles. The highest BCUT2D eigenvalue weighted by Gasteiger charge is 2.09. The highest BCUT2D eigenvalue weighted by Crippen LogP contribution is 2.28. The lowest BCUT2D eigenvalue weighted by atomic mass is 10.0. The van der Waals surface area contributed by atoms with Gasteiger partial charge in [0.15, 0.2) is 0 Å². The van der Waals surface area contributed by atoms with Crippen LogP contribution in [0.2, 0.25) is 0 Å². The summed E-state index contributed by atoms with van der Waals surface area (Å²) in [4.78, 5) is 0. The van der Waals surface area contributed by atoms with Crippen molar-refractivity contribution >= 4 is 10.8 Å². The maximum atomic E-state index is 13.0. The van der Waals surface area contributed by atoms with Crippen molar-refractivity contribution in [1.29, 1.82) is 0 Å². The molecule has 0 saturated carbocycles. The third-order valence-corrected chi connectivity index (χ3v) is 4.05.